The van der Waals surface area contributed by atoms with Crippen molar-refractivity contribution in [1.29, 1.82) is 0 Å². The van der Waals surface area contributed by atoms with Crippen molar-refractivity contribution in [3.63, 3.8) is 0 Å². The van der Waals surface area contributed by atoms with Crippen LogP contribution in [0.2, 0.25) is 5.02 Å². The highest BCUT2D eigenvalue weighted by Gasteiger charge is 2.24. The topological polar surface area (TPSA) is 84.7 Å². The molecule has 2 N–H and O–H groups in total. The Balaban J connectivity index is 1.34. The van der Waals surface area contributed by atoms with Crippen LogP contribution in [-0.2, 0) is 17.8 Å². The molecule has 0 aliphatic carbocycles. The zero-order valence-corrected chi connectivity index (χ0v) is 16.3. The fraction of sp³-hybridized carbons (Fsp3) is 0.400. The van der Waals surface area contributed by atoms with Crippen LogP contribution in [0.25, 0.3) is 11.2 Å². The van der Waals surface area contributed by atoms with Gasteiger partial charge in [0.1, 0.15) is 5.52 Å². The number of nitrogens with zero attached hydrogens (tertiary/aromatic N) is 4. The Morgan fingerprint density at radius 2 is 2.21 bits per heavy atom. The molecule has 1 amide bonds. The van der Waals surface area contributed by atoms with Crippen molar-refractivity contribution >= 4 is 28.7 Å². The summed E-state index contributed by atoms with van der Waals surface area (Å²) in [5, 5.41) is 11.8. The summed E-state index contributed by atoms with van der Waals surface area (Å²) in [6, 6.07) is 7.60. The summed E-state index contributed by atoms with van der Waals surface area (Å²) in [7, 11) is 0. The summed E-state index contributed by atoms with van der Waals surface area (Å²) >= 11 is 5.98. The molecule has 3 heterocycles. The van der Waals surface area contributed by atoms with Crippen LogP contribution in [0.1, 0.15) is 30.0 Å². The summed E-state index contributed by atoms with van der Waals surface area (Å²) < 4.78 is 1.85. The maximum Gasteiger partial charge on any atom is 0.220 e. The molecule has 2 aromatic heterocycles. The zero-order chi connectivity index (χ0) is 19.3. The number of hydrogen-bond acceptors (Lipinski definition) is 5. The number of rotatable bonds is 7. The predicted octanol–water partition coefficient (Wildman–Crippen LogP) is 2.31. The predicted molar refractivity (Wildman–Crippen MR) is 108 cm³/mol. The van der Waals surface area contributed by atoms with E-state index in [1.54, 1.807) is 12.4 Å². The van der Waals surface area contributed by atoms with Crippen LogP contribution in [0.3, 0.4) is 0 Å². The largest absolute Gasteiger partial charge is 0.354 e. The second-order valence-corrected chi connectivity index (χ2v) is 7.44. The number of carbonyl (C=O) groups is 1. The molecule has 4 rings (SSSR count). The molecule has 1 aliphatic heterocycles. The van der Waals surface area contributed by atoms with Gasteiger partial charge in [-0.2, -0.15) is 5.10 Å². The van der Waals surface area contributed by atoms with Gasteiger partial charge in [0.25, 0.3) is 0 Å². The van der Waals surface area contributed by atoms with Gasteiger partial charge in [0.2, 0.25) is 5.91 Å². The average molecular weight is 399 g/mol. The van der Waals surface area contributed by atoms with E-state index in [1.165, 1.54) is 0 Å². The van der Waals surface area contributed by atoms with E-state index in [0.717, 1.165) is 41.9 Å². The number of halogens is 1. The number of carbonyl (C=O) groups excluding carboxylic acids is 1. The monoisotopic (exact) mass is 398 g/mol. The number of aromatic nitrogens is 4. The van der Waals surface area contributed by atoms with E-state index in [-0.39, 0.29) is 5.91 Å². The molecule has 0 spiro atoms. The maximum atomic E-state index is 12.2. The van der Waals surface area contributed by atoms with Crippen molar-refractivity contribution in [2.24, 2.45) is 0 Å². The first-order chi connectivity index (χ1) is 13.7. The summed E-state index contributed by atoms with van der Waals surface area (Å²) in [5.41, 5.74) is 3.70. The summed E-state index contributed by atoms with van der Waals surface area (Å²) in [5.74, 6) is 0.385. The molecule has 0 saturated carbocycles. The Morgan fingerprint density at radius 3 is 3.04 bits per heavy atom. The number of nitrogens with one attached hydrogen (secondary N) is 2. The number of benzene rings is 1. The quantitative estimate of drug-likeness (QED) is 0.638. The second kappa shape index (κ2) is 8.67. The number of hydrogen-bond donors (Lipinski definition) is 2. The Morgan fingerprint density at radius 1 is 1.32 bits per heavy atom. The fourth-order valence-electron chi connectivity index (χ4n) is 3.58. The van der Waals surface area contributed by atoms with Gasteiger partial charge in [-0.3, -0.25) is 4.79 Å². The molecule has 8 heteroatoms. The molecule has 1 atom stereocenters. The molecule has 7 nitrogen and oxygen atoms in total. The summed E-state index contributed by atoms with van der Waals surface area (Å²) in [6.45, 7) is 2.99. The molecule has 146 valence electrons. The van der Waals surface area contributed by atoms with Crippen molar-refractivity contribution in [1.82, 2.24) is 30.4 Å². The Hall–Kier alpha value is -2.51. The highest BCUT2D eigenvalue weighted by atomic mass is 35.5. The Kier molecular flexibility index (Phi) is 5.83. The molecule has 0 radical (unpaired) electrons. The standard InChI is InChI=1S/C20H23ClN6O/c21-16-3-1-2-14(12-16)4-5-17(28)23-10-11-27-20-19(24-8-9-25-20)18(26-27)15-6-7-22-13-15/h1-3,8-9,12,15,22H,4-7,10-11,13H2,(H,23,28). The van der Waals surface area contributed by atoms with Gasteiger partial charge in [-0.05, 0) is 37.1 Å². The lowest BCUT2D eigenvalue weighted by molar-refractivity contribution is -0.121. The molecule has 1 fully saturated rings. The summed E-state index contributed by atoms with van der Waals surface area (Å²) in [4.78, 5) is 21.1. The van der Waals surface area contributed by atoms with E-state index in [9.17, 15) is 4.79 Å². The molecule has 1 aromatic carbocycles. The van der Waals surface area contributed by atoms with E-state index in [0.29, 0.717) is 36.9 Å². The van der Waals surface area contributed by atoms with Crippen molar-refractivity contribution in [2.75, 3.05) is 19.6 Å². The molecule has 1 saturated heterocycles. The minimum absolute atomic E-state index is 0.0164. The minimum atomic E-state index is 0.0164. The number of aryl methyl sites for hydroxylation is 1. The zero-order valence-electron chi connectivity index (χ0n) is 15.6. The molecular weight excluding hydrogens is 376 g/mol. The van der Waals surface area contributed by atoms with Gasteiger partial charge < -0.3 is 10.6 Å². The van der Waals surface area contributed by atoms with Gasteiger partial charge in [0.05, 0.1) is 12.2 Å². The van der Waals surface area contributed by atoms with Gasteiger partial charge in [-0.15, -0.1) is 0 Å². The highest BCUT2D eigenvalue weighted by Crippen LogP contribution is 2.26. The van der Waals surface area contributed by atoms with Crippen LogP contribution in [0.4, 0.5) is 0 Å². The molecule has 28 heavy (non-hydrogen) atoms. The van der Waals surface area contributed by atoms with Crippen LogP contribution in [-0.4, -0.2) is 45.3 Å². The van der Waals surface area contributed by atoms with Gasteiger partial charge in [0, 0.05) is 42.8 Å². The van der Waals surface area contributed by atoms with Crippen LogP contribution in [0, 0.1) is 0 Å². The SMILES string of the molecule is O=C(CCc1cccc(Cl)c1)NCCn1nc(C2CCNC2)c2nccnc21. The minimum Gasteiger partial charge on any atom is -0.354 e. The Labute approximate surface area is 168 Å². The van der Waals surface area contributed by atoms with Gasteiger partial charge >= 0.3 is 0 Å². The third-order valence-corrected chi connectivity index (χ3v) is 5.25. The van der Waals surface area contributed by atoms with Crippen molar-refractivity contribution in [3.05, 3.63) is 52.9 Å². The van der Waals surface area contributed by atoms with E-state index in [2.05, 4.69) is 20.6 Å². The highest BCUT2D eigenvalue weighted by molar-refractivity contribution is 6.30. The fourth-order valence-corrected chi connectivity index (χ4v) is 3.80. The molecule has 0 bridgehead atoms. The van der Waals surface area contributed by atoms with Gasteiger partial charge in [0.15, 0.2) is 5.65 Å². The van der Waals surface area contributed by atoms with Crippen LogP contribution in [0.15, 0.2) is 36.7 Å². The van der Waals surface area contributed by atoms with Gasteiger partial charge in [-0.25, -0.2) is 14.6 Å². The average Bonchev–Trinajstić information content (AvgIpc) is 3.35. The van der Waals surface area contributed by atoms with Crippen molar-refractivity contribution in [3.8, 4) is 0 Å². The van der Waals surface area contributed by atoms with Gasteiger partial charge in [-0.1, -0.05) is 23.7 Å². The van der Waals surface area contributed by atoms with Crippen molar-refractivity contribution < 1.29 is 4.79 Å². The summed E-state index contributed by atoms with van der Waals surface area (Å²) in [6.07, 6.45) is 5.54. The number of amides is 1. The van der Waals surface area contributed by atoms with E-state index in [1.807, 2.05) is 28.9 Å². The lowest BCUT2D eigenvalue weighted by Crippen LogP contribution is -2.27. The first kappa shape index (κ1) is 18.8. The lowest BCUT2D eigenvalue weighted by atomic mass is 10.0. The van der Waals surface area contributed by atoms with Crippen LogP contribution < -0.4 is 10.6 Å². The smallest absolute Gasteiger partial charge is 0.220 e. The van der Waals surface area contributed by atoms with E-state index < -0.39 is 0 Å². The first-order valence-electron chi connectivity index (χ1n) is 9.60. The van der Waals surface area contributed by atoms with Crippen LogP contribution >= 0.6 is 11.6 Å². The Bertz CT molecular complexity index is 966. The van der Waals surface area contributed by atoms with E-state index in [4.69, 9.17) is 16.7 Å². The lowest BCUT2D eigenvalue weighted by Gasteiger charge is -2.07. The molecular formula is C20H23ClN6O. The maximum absolute atomic E-state index is 12.2. The first-order valence-corrected chi connectivity index (χ1v) is 9.98. The molecule has 1 unspecified atom stereocenters. The molecule has 3 aromatic rings. The normalized spacial score (nSPS) is 16.5. The van der Waals surface area contributed by atoms with E-state index >= 15 is 0 Å². The van der Waals surface area contributed by atoms with Crippen LogP contribution in [0.5, 0.6) is 0 Å². The second-order valence-electron chi connectivity index (χ2n) is 7.01. The number of fused-ring (bicyclic) bond motifs is 1. The third kappa shape index (κ3) is 4.31. The third-order valence-electron chi connectivity index (χ3n) is 5.02. The van der Waals surface area contributed by atoms with Crippen molar-refractivity contribution in [2.45, 2.75) is 31.7 Å². The molecule has 1 aliphatic rings.